The summed E-state index contributed by atoms with van der Waals surface area (Å²) in [5, 5.41) is 2.60. The Morgan fingerprint density at radius 1 is 1.03 bits per heavy atom. The fraction of sp³-hybridized carbons (Fsp3) is 0.174. The van der Waals surface area contributed by atoms with Crippen LogP contribution in [0, 0.1) is 0 Å². The Hall–Kier alpha value is -3.42. The minimum atomic E-state index is 0.0645. The maximum Gasteiger partial charge on any atom is 0.322 e. The van der Waals surface area contributed by atoms with E-state index in [0.717, 1.165) is 33.2 Å². The van der Waals surface area contributed by atoms with Gasteiger partial charge in [0.1, 0.15) is 12.4 Å². The van der Waals surface area contributed by atoms with Crippen LogP contribution in [0.1, 0.15) is 16.7 Å². The second-order valence-electron chi connectivity index (χ2n) is 7.16. The maximum absolute atomic E-state index is 6.65. The van der Waals surface area contributed by atoms with E-state index >= 15 is 0 Å². The summed E-state index contributed by atoms with van der Waals surface area (Å²) in [6.07, 6.45) is 0. The average molecular weight is 435 g/mol. The van der Waals surface area contributed by atoms with Gasteiger partial charge in [0.25, 0.3) is 0 Å². The molecule has 31 heavy (non-hydrogen) atoms. The molecule has 0 amide bonds. The van der Waals surface area contributed by atoms with Crippen LogP contribution in [0.25, 0.3) is 22.2 Å². The Morgan fingerprint density at radius 2 is 1.84 bits per heavy atom. The summed E-state index contributed by atoms with van der Waals surface area (Å²) in [6, 6.07) is 15.6. The summed E-state index contributed by atoms with van der Waals surface area (Å²) < 4.78 is 16.6. The Balaban J connectivity index is 1.53. The molecule has 0 saturated heterocycles. The molecule has 1 aromatic heterocycles. The molecule has 8 heteroatoms. The lowest BCUT2D eigenvalue weighted by Gasteiger charge is -2.20. The summed E-state index contributed by atoms with van der Waals surface area (Å²) in [4.78, 5) is 13.0. The second-order valence-corrected chi connectivity index (χ2v) is 7.57. The Kier molecular flexibility index (Phi) is 5.05. The number of hydrogen-bond acceptors (Lipinski definition) is 7. The first-order chi connectivity index (χ1) is 15.1. The van der Waals surface area contributed by atoms with Crippen molar-refractivity contribution in [2.45, 2.75) is 19.8 Å². The van der Waals surface area contributed by atoms with Crippen LogP contribution in [0.15, 0.2) is 48.5 Å². The second kappa shape index (κ2) is 8.02. The van der Waals surface area contributed by atoms with Crippen molar-refractivity contribution < 1.29 is 14.2 Å². The van der Waals surface area contributed by atoms with Gasteiger partial charge < -0.3 is 19.9 Å². The predicted molar refractivity (Wildman–Crippen MR) is 118 cm³/mol. The highest BCUT2D eigenvalue weighted by Gasteiger charge is 2.21. The first-order valence-corrected chi connectivity index (χ1v) is 10.1. The molecule has 1 aliphatic rings. The molecule has 0 fully saturated rings. The van der Waals surface area contributed by atoms with Crippen molar-refractivity contribution in [2.75, 3.05) is 12.8 Å². The van der Waals surface area contributed by atoms with Gasteiger partial charge in [0.05, 0.1) is 25.3 Å². The normalized spacial score (nSPS) is 12.7. The number of nitrogens with two attached hydrogens (primary N) is 1. The van der Waals surface area contributed by atoms with Crippen molar-refractivity contribution in [3.63, 3.8) is 0 Å². The highest BCUT2D eigenvalue weighted by Crippen LogP contribution is 2.39. The molecule has 2 N–H and O–H groups in total. The topological polar surface area (TPSA) is 92.4 Å². The van der Waals surface area contributed by atoms with Crippen molar-refractivity contribution in [1.82, 2.24) is 15.0 Å². The lowest BCUT2D eigenvalue weighted by molar-refractivity contribution is 0.103. The van der Waals surface area contributed by atoms with Gasteiger partial charge in [0.15, 0.2) is 5.82 Å². The third-order valence-corrected chi connectivity index (χ3v) is 5.48. The quantitative estimate of drug-likeness (QED) is 0.492. The molecule has 0 atom stereocenters. The van der Waals surface area contributed by atoms with E-state index in [1.54, 1.807) is 7.11 Å². The predicted octanol–water partition coefficient (Wildman–Crippen LogP) is 4.55. The van der Waals surface area contributed by atoms with E-state index in [4.69, 9.17) is 31.5 Å². The number of nitrogens with zero attached hydrogens (tertiary/aromatic N) is 3. The van der Waals surface area contributed by atoms with E-state index in [0.29, 0.717) is 29.6 Å². The zero-order valence-corrected chi connectivity index (χ0v) is 17.5. The minimum absolute atomic E-state index is 0.0645. The largest absolute Gasteiger partial charge is 0.497 e. The van der Waals surface area contributed by atoms with E-state index < -0.39 is 0 Å². The number of ether oxygens (including phenoxy) is 3. The summed E-state index contributed by atoms with van der Waals surface area (Å²) in [6.45, 7) is 1.35. The van der Waals surface area contributed by atoms with Gasteiger partial charge in [-0.05, 0) is 45.7 Å². The Bertz CT molecular complexity index is 1280. The smallest absolute Gasteiger partial charge is 0.322 e. The van der Waals surface area contributed by atoms with Crippen molar-refractivity contribution in [1.29, 1.82) is 0 Å². The SMILES string of the molecule is COc1ccc(COc2nc(N)nc(-c3c(Cl)cc4c5c(cccc35)COC4)n2)cc1. The van der Waals surface area contributed by atoms with Gasteiger partial charge in [-0.1, -0.05) is 41.9 Å². The average Bonchev–Trinajstić information content (AvgIpc) is 2.78. The van der Waals surface area contributed by atoms with E-state index in [1.807, 2.05) is 48.5 Å². The first kappa shape index (κ1) is 19.5. The summed E-state index contributed by atoms with van der Waals surface area (Å²) >= 11 is 6.65. The van der Waals surface area contributed by atoms with Gasteiger partial charge in [-0.3, -0.25) is 0 Å². The van der Waals surface area contributed by atoms with E-state index in [1.165, 1.54) is 0 Å². The molecule has 0 bridgehead atoms. The van der Waals surface area contributed by atoms with Crippen LogP contribution in [-0.2, 0) is 24.6 Å². The standard InChI is InChI=1S/C23H19ClN4O3/c1-29-16-7-5-13(6-8-16)10-31-23-27-21(26-22(25)28-23)20-17-4-2-3-14-11-30-12-15(19(14)17)9-18(20)24/h2-9H,10-12H2,1H3,(H2,25,26,27,28). The number of nitrogen functional groups attached to an aromatic ring is 1. The molecule has 4 aromatic rings. The molecule has 5 rings (SSSR count). The first-order valence-electron chi connectivity index (χ1n) is 9.71. The van der Waals surface area contributed by atoms with Crippen molar-refractivity contribution in [2.24, 2.45) is 0 Å². The zero-order valence-electron chi connectivity index (χ0n) is 16.8. The molecule has 0 aliphatic carbocycles. The Morgan fingerprint density at radius 3 is 2.65 bits per heavy atom. The van der Waals surface area contributed by atoms with Crippen LogP contribution < -0.4 is 15.2 Å². The van der Waals surface area contributed by atoms with E-state index in [2.05, 4.69) is 15.0 Å². The molecule has 7 nitrogen and oxygen atoms in total. The number of anilines is 1. The summed E-state index contributed by atoms with van der Waals surface area (Å²) in [7, 11) is 1.63. The van der Waals surface area contributed by atoms with Gasteiger partial charge in [0, 0.05) is 5.56 Å². The van der Waals surface area contributed by atoms with Gasteiger partial charge in [-0.25, -0.2) is 0 Å². The highest BCUT2D eigenvalue weighted by molar-refractivity contribution is 6.35. The van der Waals surface area contributed by atoms with Gasteiger partial charge >= 0.3 is 6.01 Å². The monoisotopic (exact) mass is 434 g/mol. The summed E-state index contributed by atoms with van der Waals surface area (Å²) in [5.41, 5.74) is 9.77. The highest BCUT2D eigenvalue weighted by atomic mass is 35.5. The number of methoxy groups -OCH3 is 1. The van der Waals surface area contributed by atoms with Crippen molar-refractivity contribution in [3.8, 4) is 23.1 Å². The number of hydrogen-bond donors (Lipinski definition) is 1. The number of aromatic nitrogens is 3. The third-order valence-electron chi connectivity index (χ3n) is 5.18. The lowest BCUT2D eigenvalue weighted by atomic mass is 9.94. The minimum Gasteiger partial charge on any atom is -0.497 e. The molecule has 0 radical (unpaired) electrons. The molecule has 1 aliphatic heterocycles. The van der Waals surface area contributed by atoms with Crippen LogP contribution in [0.2, 0.25) is 5.02 Å². The summed E-state index contributed by atoms with van der Waals surface area (Å²) in [5.74, 6) is 1.21. The van der Waals surface area contributed by atoms with Gasteiger partial charge in [-0.15, -0.1) is 0 Å². The number of benzene rings is 3. The molecule has 3 aromatic carbocycles. The fourth-order valence-corrected chi connectivity index (χ4v) is 4.08. The molecule has 0 saturated carbocycles. The maximum atomic E-state index is 6.65. The zero-order chi connectivity index (χ0) is 21.4. The van der Waals surface area contributed by atoms with Gasteiger partial charge in [-0.2, -0.15) is 15.0 Å². The van der Waals surface area contributed by atoms with E-state index in [9.17, 15) is 0 Å². The molecule has 0 unspecified atom stereocenters. The molecule has 156 valence electrons. The number of halogens is 1. The third kappa shape index (κ3) is 3.73. The Labute approximate surface area is 183 Å². The van der Waals surface area contributed by atoms with Crippen LogP contribution in [0.5, 0.6) is 11.8 Å². The molecular weight excluding hydrogens is 416 g/mol. The van der Waals surface area contributed by atoms with Crippen LogP contribution in [0.3, 0.4) is 0 Å². The van der Waals surface area contributed by atoms with E-state index in [-0.39, 0.29) is 18.6 Å². The molecular formula is C23H19ClN4O3. The van der Waals surface area contributed by atoms with Gasteiger partial charge in [0.2, 0.25) is 5.95 Å². The van der Waals surface area contributed by atoms with Crippen molar-refractivity contribution in [3.05, 3.63) is 70.2 Å². The molecule has 2 heterocycles. The lowest BCUT2D eigenvalue weighted by Crippen LogP contribution is -2.08. The van der Waals surface area contributed by atoms with Crippen molar-refractivity contribution >= 4 is 28.3 Å². The van der Waals surface area contributed by atoms with Crippen LogP contribution in [0.4, 0.5) is 5.95 Å². The van der Waals surface area contributed by atoms with Crippen LogP contribution >= 0.6 is 11.6 Å². The van der Waals surface area contributed by atoms with Crippen LogP contribution in [-0.4, -0.2) is 22.1 Å². The fourth-order valence-electron chi connectivity index (χ4n) is 3.76. The molecule has 0 spiro atoms. The number of rotatable bonds is 5.